The van der Waals surface area contributed by atoms with Gasteiger partial charge in [-0.25, -0.2) is 14.4 Å². The molecule has 0 amide bonds. The number of aryl methyl sites for hydroxylation is 2. The molecule has 0 saturated carbocycles. The number of thioether (sulfide) groups is 1. The van der Waals surface area contributed by atoms with E-state index in [1.54, 1.807) is 18.5 Å². The van der Waals surface area contributed by atoms with Crippen molar-refractivity contribution in [2.75, 3.05) is 0 Å². The molecular weight excluding hydrogens is 383 g/mol. The smallest absolute Gasteiger partial charge is 0.259 e. The third kappa shape index (κ3) is 3.30. The molecule has 1 atom stereocenters. The molecule has 4 rings (SSSR count). The number of aromatic nitrogens is 4. The van der Waals surface area contributed by atoms with Gasteiger partial charge in [-0.3, -0.25) is 9.36 Å². The minimum atomic E-state index is -0.301. The zero-order chi connectivity index (χ0) is 19.1. The molecule has 8 heteroatoms. The van der Waals surface area contributed by atoms with Crippen LogP contribution in [0.5, 0.6) is 0 Å². The lowest BCUT2D eigenvalue weighted by Gasteiger charge is -2.12. The van der Waals surface area contributed by atoms with Crippen LogP contribution in [0.4, 0.5) is 4.39 Å². The number of nitrogens with zero attached hydrogens (tertiary/aromatic N) is 3. The van der Waals surface area contributed by atoms with Crippen molar-refractivity contribution in [1.82, 2.24) is 19.5 Å². The highest BCUT2D eigenvalue weighted by Gasteiger charge is 2.18. The van der Waals surface area contributed by atoms with Crippen LogP contribution in [0.2, 0.25) is 0 Å². The molecule has 3 heterocycles. The Hall–Kier alpha value is -2.45. The fourth-order valence-electron chi connectivity index (χ4n) is 2.88. The summed E-state index contributed by atoms with van der Waals surface area (Å²) in [6, 6.07) is 6.35. The van der Waals surface area contributed by atoms with Gasteiger partial charge >= 0.3 is 0 Å². The summed E-state index contributed by atoms with van der Waals surface area (Å²) >= 11 is 2.99. The molecule has 27 heavy (non-hydrogen) atoms. The van der Waals surface area contributed by atoms with Crippen LogP contribution in [-0.2, 0) is 0 Å². The van der Waals surface area contributed by atoms with Crippen LogP contribution < -0.4 is 5.56 Å². The number of halogens is 1. The van der Waals surface area contributed by atoms with E-state index in [9.17, 15) is 9.18 Å². The first kappa shape index (κ1) is 17.9. The summed E-state index contributed by atoms with van der Waals surface area (Å²) in [4.78, 5) is 26.3. The third-order valence-electron chi connectivity index (χ3n) is 4.42. The molecular formula is C19H17FN4OS2. The molecule has 5 nitrogen and oxygen atoms in total. The molecule has 0 aliphatic heterocycles. The van der Waals surface area contributed by atoms with Crippen molar-refractivity contribution in [2.45, 2.75) is 31.2 Å². The standard InChI is InChI=1S/C19H17FN4OS2/c1-10-11(2)26-18-15(10)17(25)22-16(23-18)12(3)27-19-21-7-8-24(19)14-6-4-5-13(20)9-14/h4-9,12H,1-3H3,(H,22,23,25)/t12-/m1/s1. The molecule has 0 radical (unpaired) electrons. The molecule has 4 aromatic rings. The number of hydrogen-bond acceptors (Lipinski definition) is 5. The number of nitrogens with one attached hydrogen (secondary N) is 1. The molecule has 0 aliphatic carbocycles. The number of aromatic amines is 1. The summed E-state index contributed by atoms with van der Waals surface area (Å²) in [5.74, 6) is 0.303. The summed E-state index contributed by atoms with van der Waals surface area (Å²) in [6.45, 7) is 5.90. The number of hydrogen-bond donors (Lipinski definition) is 1. The average molecular weight is 401 g/mol. The Morgan fingerprint density at radius 3 is 2.93 bits per heavy atom. The van der Waals surface area contributed by atoms with Crippen molar-refractivity contribution in [1.29, 1.82) is 0 Å². The van der Waals surface area contributed by atoms with E-state index in [1.807, 2.05) is 31.4 Å². The largest absolute Gasteiger partial charge is 0.309 e. The zero-order valence-corrected chi connectivity index (χ0v) is 16.6. The maximum absolute atomic E-state index is 13.6. The first-order chi connectivity index (χ1) is 12.9. The first-order valence-electron chi connectivity index (χ1n) is 8.40. The van der Waals surface area contributed by atoms with Crippen molar-refractivity contribution < 1.29 is 4.39 Å². The quantitative estimate of drug-likeness (QED) is 0.501. The average Bonchev–Trinajstić information content (AvgIpc) is 3.19. The molecule has 138 valence electrons. The van der Waals surface area contributed by atoms with Crippen LogP contribution in [0.25, 0.3) is 15.9 Å². The lowest BCUT2D eigenvalue weighted by Crippen LogP contribution is -2.12. The molecule has 3 aromatic heterocycles. The van der Waals surface area contributed by atoms with E-state index in [0.717, 1.165) is 15.3 Å². The van der Waals surface area contributed by atoms with Gasteiger partial charge in [0.25, 0.3) is 5.56 Å². The van der Waals surface area contributed by atoms with E-state index >= 15 is 0 Å². The maximum Gasteiger partial charge on any atom is 0.259 e. The van der Waals surface area contributed by atoms with Crippen LogP contribution in [0.15, 0.2) is 46.6 Å². The van der Waals surface area contributed by atoms with Gasteiger partial charge in [0.1, 0.15) is 16.5 Å². The molecule has 1 aromatic carbocycles. The zero-order valence-electron chi connectivity index (χ0n) is 15.0. The molecule has 0 spiro atoms. The molecule has 0 aliphatic rings. The van der Waals surface area contributed by atoms with Gasteiger partial charge in [0.2, 0.25) is 0 Å². The Labute approximate surface area is 163 Å². The number of fused-ring (bicyclic) bond motifs is 1. The fourth-order valence-corrected chi connectivity index (χ4v) is 4.86. The topological polar surface area (TPSA) is 63.6 Å². The molecule has 0 bridgehead atoms. The van der Waals surface area contributed by atoms with Crippen LogP contribution >= 0.6 is 23.1 Å². The highest BCUT2D eigenvalue weighted by atomic mass is 32.2. The number of benzene rings is 1. The Morgan fingerprint density at radius 1 is 1.33 bits per heavy atom. The summed E-state index contributed by atoms with van der Waals surface area (Å²) in [7, 11) is 0. The maximum atomic E-state index is 13.6. The number of rotatable bonds is 4. The highest BCUT2D eigenvalue weighted by molar-refractivity contribution is 7.99. The summed E-state index contributed by atoms with van der Waals surface area (Å²) in [5.41, 5.74) is 1.57. The molecule has 0 unspecified atom stereocenters. The van der Waals surface area contributed by atoms with Gasteiger partial charge < -0.3 is 4.98 Å². The van der Waals surface area contributed by atoms with E-state index in [4.69, 9.17) is 0 Å². The molecule has 0 fully saturated rings. The Kier molecular flexibility index (Phi) is 4.61. The second kappa shape index (κ2) is 6.94. The molecule has 1 N–H and O–H groups in total. The van der Waals surface area contributed by atoms with Crippen LogP contribution in [-0.4, -0.2) is 19.5 Å². The Balaban J connectivity index is 1.68. The van der Waals surface area contributed by atoms with Gasteiger partial charge in [0.05, 0.1) is 16.3 Å². The highest BCUT2D eigenvalue weighted by Crippen LogP contribution is 2.34. The van der Waals surface area contributed by atoms with E-state index in [0.29, 0.717) is 22.1 Å². The predicted octanol–water partition coefficient (Wildman–Crippen LogP) is 4.78. The van der Waals surface area contributed by atoms with Crippen LogP contribution in [0.3, 0.4) is 0 Å². The number of thiophene rings is 1. The summed E-state index contributed by atoms with van der Waals surface area (Å²) < 4.78 is 15.4. The first-order valence-corrected chi connectivity index (χ1v) is 10.1. The molecule has 0 saturated heterocycles. The third-order valence-corrected chi connectivity index (χ3v) is 6.61. The number of imidazole rings is 1. The number of H-pyrrole nitrogens is 1. The van der Waals surface area contributed by atoms with Crippen molar-refractivity contribution in [3.63, 3.8) is 0 Å². The lowest BCUT2D eigenvalue weighted by molar-refractivity contribution is 0.626. The predicted molar refractivity (Wildman–Crippen MR) is 108 cm³/mol. The van der Waals surface area contributed by atoms with Gasteiger partial charge in [-0.05, 0) is 44.5 Å². The second-order valence-corrected chi connectivity index (χ2v) is 8.75. The van der Waals surface area contributed by atoms with E-state index in [2.05, 4.69) is 15.0 Å². The van der Waals surface area contributed by atoms with E-state index < -0.39 is 0 Å². The van der Waals surface area contributed by atoms with Gasteiger partial charge in [-0.1, -0.05) is 17.8 Å². The monoisotopic (exact) mass is 400 g/mol. The lowest BCUT2D eigenvalue weighted by atomic mass is 10.2. The Morgan fingerprint density at radius 2 is 2.15 bits per heavy atom. The van der Waals surface area contributed by atoms with Gasteiger partial charge in [-0.2, -0.15) is 0 Å². The Bertz CT molecular complexity index is 1190. The van der Waals surface area contributed by atoms with Gasteiger partial charge in [0.15, 0.2) is 5.16 Å². The van der Waals surface area contributed by atoms with Crippen molar-refractivity contribution >= 4 is 33.3 Å². The summed E-state index contributed by atoms with van der Waals surface area (Å²) in [6.07, 6.45) is 3.46. The SMILES string of the molecule is Cc1sc2nc([C@@H](C)Sc3nccn3-c3cccc(F)c3)[nH]c(=O)c2c1C. The van der Waals surface area contributed by atoms with Gasteiger partial charge in [0, 0.05) is 17.3 Å². The minimum absolute atomic E-state index is 0.113. The summed E-state index contributed by atoms with van der Waals surface area (Å²) in [5, 5.41) is 1.24. The van der Waals surface area contributed by atoms with Crippen LogP contribution in [0, 0.1) is 19.7 Å². The second-order valence-electron chi connectivity index (χ2n) is 6.23. The van der Waals surface area contributed by atoms with Crippen molar-refractivity contribution in [2.24, 2.45) is 0 Å². The van der Waals surface area contributed by atoms with Crippen molar-refractivity contribution in [3.8, 4) is 5.69 Å². The van der Waals surface area contributed by atoms with Crippen LogP contribution in [0.1, 0.15) is 28.4 Å². The fraction of sp³-hybridized carbons (Fsp3) is 0.211. The van der Waals surface area contributed by atoms with E-state index in [1.165, 1.54) is 35.2 Å². The minimum Gasteiger partial charge on any atom is -0.309 e. The van der Waals surface area contributed by atoms with E-state index in [-0.39, 0.29) is 16.6 Å². The normalized spacial score (nSPS) is 12.6. The van der Waals surface area contributed by atoms with Crippen molar-refractivity contribution in [3.05, 3.63) is 69.1 Å². The van der Waals surface area contributed by atoms with Gasteiger partial charge in [-0.15, -0.1) is 11.3 Å².